The molecule has 4 rings (SSSR count). The predicted octanol–water partition coefficient (Wildman–Crippen LogP) is 4.19. The van der Waals surface area contributed by atoms with Gasteiger partial charge in [0.2, 0.25) is 10.0 Å². The van der Waals surface area contributed by atoms with Gasteiger partial charge in [-0.2, -0.15) is 9.40 Å². The maximum Gasteiger partial charge on any atom is 0.257 e. The molecular weight excluding hydrogens is 456 g/mol. The summed E-state index contributed by atoms with van der Waals surface area (Å²) in [5.41, 5.74) is 0.293. The summed E-state index contributed by atoms with van der Waals surface area (Å²) in [6.07, 6.45) is 9.11. The molecule has 1 aliphatic heterocycles. The minimum Gasteiger partial charge on any atom is -0.307 e. The Bertz CT molecular complexity index is 993. The van der Waals surface area contributed by atoms with Crippen molar-refractivity contribution in [1.29, 1.82) is 0 Å². The molecule has 1 aliphatic carbocycles. The first-order valence-corrected chi connectivity index (χ1v) is 12.3. The number of aromatic nitrogens is 2. The van der Waals surface area contributed by atoms with Crippen molar-refractivity contribution in [2.24, 2.45) is 0 Å². The number of sulfonamides is 1. The van der Waals surface area contributed by atoms with Crippen LogP contribution in [0.15, 0.2) is 39.8 Å². The summed E-state index contributed by atoms with van der Waals surface area (Å²) in [7, 11) is -3.58. The lowest BCUT2D eigenvalue weighted by Crippen LogP contribution is -2.28. The van der Waals surface area contributed by atoms with E-state index < -0.39 is 10.0 Å². The molecule has 1 saturated heterocycles. The number of nitrogens with one attached hydrogen (secondary N) is 1. The number of hydrogen-bond acceptors (Lipinski definition) is 4. The highest BCUT2D eigenvalue weighted by molar-refractivity contribution is 9.10. The lowest BCUT2D eigenvalue weighted by Gasteiger charge is -2.24. The Morgan fingerprint density at radius 3 is 2.52 bits per heavy atom. The fourth-order valence-electron chi connectivity index (χ4n) is 4.13. The van der Waals surface area contributed by atoms with Crippen molar-refractivity contribution >= 4 is 37.7 Å². The fourth-order valence-corrected chi connectivity index (χ4v) is 6.10. The lowest BCUT2D eigenvalue weighted by molar-refractivity contribution is 0.102. The predicted molar refractivity (Wildman–Crippen MR) is 114 cm³/mol. The molecule has 1 aromatic heterocycles. The monoisotopic (exact) mass is 480 g/mol. The number of rotatable bonds is 5. The summed E-state index contributed by atoms with van der Waals surface area (Å²) in [6.45, 7) is 1.06. The van der Waals surface area contributed by atoms with Crippen LogP contribution in [0.5, 0.6) is 0 Å². The fraction of sp³-hybridized carbons (Fsp3) is 0.500. The number of hydrogen-bond donors (Lipinski definition) is 1. The van der Waals surface area contributed by atoms with E-state index in [0.29, 0.717) is 35.0 Å². The normalized spacial score (nSPS) is 18.8. The Morgan fingerprint density at radius 1 is 1.07 bits per heavy atom. The topological polar surface area (TPSA) is 84.3 Å². The number of halogens is 1. The molecule has 1 saturated carbocycles. The first kappa shape index (κ1) is 20.6. The molecule has 1 aromatic carbocycles. The Morgan fingerprint density at radius 2 is 1.79 bits per heavy atom. The van der Waals surface area contributed by atoms with Gasteiger partial charge in [-0.3, -0.25) is 4.79 Å². The molecule has 9 heteroatoms. The summed E-state index contributed by atoms with van der Waals surface area (Å²) < 4.78 is 29.6. The zero-order valence-corrected chi connectivity index (χ0v) is 18.6. The number of nitrogens with zero attached hydrogens (tertiary/aromatic N) is 3. The second-order valence-electron chi connectivity index (χ2n) is 7.66. The van der Waals surface area contributed by atoms with Crippen LogP contribution in [-0.4, -0.2) is 41.5 Å². The van der Waals surface area contributed by atoms with Gasteiger partial charge in [0.15, 0.2) is 0 Å². The molecule has 1 amide bonds. The van der Waals surface area contributed by atoms with E-state index in [1.807, 2.05) is 4.68 Å². The highest BCUT2D eigenvalue weighted by atomic mass is 79.9. The van der Waals surface area contributed by atoms with Crippen LogP contribution < -0.4 is 5.32 Å². The Balaban J connectivity index is 1.57. The Labute approximate surface area is 179 Å². The smallest absolute Gasteiger partial charge is 0.257 e. The molecule has 1 N–H and O–H groups in total. The van der Waals surface area contributed by atoms with Crippen LogP contribution in [-0.2, 0) is 10.0 Å². The maximum absolute atomic E-state index is 13.0. The Kier molecular flexibility index (Phi) is 6.08. The van der Waals surface area contributed by atoms with Gasteiger partial charge in [-0.25, -0.2) is 13.1 Å². The molecular formula is C20H25BrN4O3S. The van der Waals surface area contributed by atoms with E-state index in [1.165, 1.54) is 29.6 Å². The minimum atomic E-state index is -3.58. The number of amides is 1. The van der Waals surface area contributed by atoms with Gasteiger partial charge in [0.25, 0.3) is 5.91 Å². The highest BCUT2D eigenvalue weighted by Gasteiger charge is 2.28. The first-order chi connectivity index (χ1) is 14.0. The van der Waals surface area contributed by atoms with E-state index in [4.69, 9.17) is 0 Å². The zero-order chi connectivity index (χ0) is 20.4. The van der Waals surface area contributed by atoms with Gasteiger partial charge in [-0.1, -0.05) is 19.3 Å². The quantitative estimate of drug-likeness (QED) is 0.694. The van der Waals surface area contributed by atoms with Crippen molar-refractivity contribution in [3.8, 4) is 0 Å². The van der Waals surface area contributed by atoms with E-state index in [2.05, 4.69) is 26.3 Å². The molecule has 0 radical (unpaired) electrons. The lowest BCUT2D eigenvalue weighted by atomic mass is 9.96. The van der Waals surface area contributed by atoms with Gasteiger partial charge in [0, 0.05) is 23.6 Å². The summed E-state index contributed by atoms with van der Waals surface area (Å²) in [4.78, 5) is 13.1. The van der Waals surface area contributed by atoms with E-state index in [1.54, 1.807) is 24.4 Å². The van der Waals surface area contributed by atoms with Crippen LogP contribution in [0.1, 0.15) is 61.3 Å². The molecule has 2 aliphatic rings. The molecule has 0 bridgehead atoms. The van der Waals surface area contributed by atoms with E-state index >= 15 is 0 Å². The second-order valence-corrected chi connectivity index (χ2v) is 10.5. The van der Waals surface area contributed by atoms with E-state index in [9.17, 15) is 13.2 Å². The summed E-state index contributed by atoms with van der Waals surface area (Å²) >= 11 is 3.39. The van der Waals surface area contributed by atoms with Crippen molar-refractivity contribution in [3.05, 3.63) is 40.5 Å². The molecule has 2 heterocycles. The molecule has 0 atom stereocenters. The SMILES string of the molecule is O=C(Nc1ccnn1C1CCCCC1)c1cc(S(=O)(=O)N2CCCC2)ccc1Br. The minimum absolute atomic E-state index is 0.147. The number of anilines is 1. The van der Waals surface area contributed by atoms with Crippen LogP contribution in [0.2, 0.25) is 0 Å². The number of carbonyl (C=O) groups is 1. The molecule has 29 heavy (non-hydrogen) atoms. The average molecular weight is 481 g/mol. The van der Waals surface area contributed by atoms with Gasteiger partial charge in [-0.05, 0) is 59.8 Å². The van der Waals surface area contributed by atoms with Gasteiger partial charge in [0.05, 0.1) is 22.7 Å². The van der Waals surface area contributed by atoms with Crippen molar-refractivity contribution in [3.63, 3.8) is 0 Å². The van der Waals surface area contributed by atoms with Gasteiger partial charge in [0.1, 0.15) is 5.82 Å². The highest BCUT2D eigenvalue weighted by Crippen LogP contribution is 2.31. The third-order valence-corrected chi connectivity index (χ3v) is 8.30. The first-order valence-electron chi connectivity index (χ1n) is 10.1. The van der Waals surface area contributed by atoms with Crippen molar-refractivity contribution in [2.45, 2.75) is 55.9 Å². The second kappa shape index (κ2) is 8.57. The molecule has 7 nitrogen and oxygen atoms in total. The summed E-state index contributed by atoms with van der Waals surface area (Å²) in [5.74, 6) is 0.287. The van der Waals surface area contributed by atoms with Gasteiger partial charge < -0.3 is 5.32 Å². The summed E-state index contributed by atoms with van der Waals surface area (Å²) in [6, 6.07) is 6.69. The average Bonchev–Trinajstić information content (AvgIpc) is 3.41. The molecule has 0 spiro atoms. The van der Waals surface area contributed by atoms with Crippen molar-refractivity contribution in [1.82, 2.24) is 14.1 Å². The van der Waals surface area contributed by atoms with Crippen LogP contribution in [0, 0.1) is 0 Å². The van der Waals surface area contributed by atoms with Crippen LogP contribution in [0.3, 0.4) is 0 Å². The zero-order valence-electron chi connectivity index (χ0n) is 16.2. The van der Waals surface area contributed by atoms with E-state index in [-0.39, 0.29) is 10.8 Å². The molecule has 2 aromatic rings. The third-order valence-electron chi connectivity index (χ3n) is 5.72. The molecule has 0 unspecified atom stereocenters. The van der Waals surface area contributed by atoms with Crippen LogP contribution in [0.25, 0.3) is 0 Å². The van der Waals surface area contributed by atoms with Crippen molar-refractivity contribution in [2.75, 3.05) is 18.4 Å². The van der Waals surface area contributed by atoms with Gasteiger partial charge in [-0.15, -0.1) is 0 Å². The third kappa shape index (κ3) is 4.27. The van der Waals surface area contributed by atoms with Crippen LogP contribution >= 0.6 is 15.9 Å². The summed E-state index contributed by atoms with van der Waals surface area (Å²) in [5, 5.41) is 7.32. The Hall–Kier alpha value is -1.71. The van der Waals surface area contributed by atoms with E-state index in [0.717, 1.165) is 25.7 Å². The largest absolute Gasteiger partial charge is 0.307 e. The maximum atomic E-state index is 13.0. The standard InChI is InChI=1S/C20H25BrN4O3S/c21-18-9-8-16(29(27,28)24-12-4-5-13-24)14-17(18)20(26)23-19-10-11-22-25(19)15-6-2-1-3-7-15/h8-11,14-15H,1-7,12-13H2,(H,23,26). The molecule has 156 valence electrons. The number of benzene rings is 1. The molecule has 2 fully saturated rings. The van der Waals surface area contributed by atoms with Crippen LogP contribution in [0.4, 0.5) is 5.82 Å². The van der Waals surface area contributed by atoms with Crippen molar-refractivity contribution < 1.29 is 13.2 Å². The van der Waals surface area contributed by atoms with Gasteiger partial charge >= 0.3 is 0 Å². The number of carbonyl (C=O) groups excluding carboxylic acids is 1.